The van der Waals surface area contributed by atoms with Gasteiger partial charge < -0.3 is 15.2 Å². The average Bonchev–Trinajstić information content (AvgIpc) is 3.01. The maximum Gasteiger partial charge on any atom is 0.338 e. The zero-order valence-electron chi connectivity index (χ0n) is 12.1. The highest BCUT2D eigenvalue weighted by Gasteiger charge is 2.10. The van der Waals surface area contributed by atoms with Crippen molar-refractivity contribution >= 4 is 28.1 Å². The van der Waals surface area contributed by atoms with E-state index in [0.29, 0.717) is 11.3 Å². The molecule has 0 atom stereocenters. The molecule has 2 aromatic carbocycles. The highest BCUT2D eigenvalue weighted by atomic mass is 32.1. The van der Waals surface area contributed by atoms with Gasteiger partial charge in [0, 0.05) is 11.1 Å². The van der Waals surface area contributed by atoms with Crippen LogP contribution in [0.3, 0.4) is 0 Å². The number of aromatic nitrogens is 1. The lowest BCUT2D eigenvalue weighted by Gasteiger charge is -2.03. The lowest BCUT2D eigenvalue weighted by atomic mass is 10.2. The molecule has 0 spiro atoms. The number of rotatable bonds is 5. The van der Waals surface area contributed by atoms with Gasteiger partial charge >= 0.3 is 5.97 Å². The molecule has 0 aliphatic carbocycles. The fourth-order valence-electron chi connectivity index (χ4n) is 1.93. The summed E-state index contributed by atoms with van der Waals surface area (Å²) in [6.07, 6.45) is 0. The van der Waals surface area contributed by atoms with E-state index in [9.17, 15) is 9.90 Å². The second kappa shape index (κ2) is 6.93. The van der Waals surface area contributed by atoms with Crippen molar-refractivity contribution in [2.45, 2.75) is 6.61 Å². The van der Waals surface area contributed by atoms with Crippen molar-refractivity contribution in [3.05, 3.63) is 71.2 Å². The lowest BCUT2D eigenvalue weighted by molar-refractivity contribution is 0.0468. The molecule has 0 aliphatic heterocycles. The Morgan fingerprint density at radius 2 is 2.00 bits per heavy atom. The van der Waals surface area contributed by atoms with Gasteiger partial charge in [-0.05, 0) is 30.3 Å². The van der Waals surface area contributed by atoms with Crippen LogP contribution in [-0.2, 0) is 11.3 Å². The van der Waals surface area contributed by atoms with E-state index in [1.54, 1.807) is 12.1 Å². The second-order valence-corrected chi connectivity index (χ2v) is 5.62. The van der Waals surface area contributed by atoms with Crippen molar-refractivity contribution < 1.29 is 14.6 Å². The molecule has 3 rings (SSSR count). The molecule has 1 aromatic heterocycles. The van der Waals surface area contributed by atoms with E-state index >= 15 is 0 Å². The zero-order valence-corrected chi connectivity index (χ0v) is 12.9. The van der Waals surface area contributed by atoms with E-state index < -0.39 is 5.97 Å². The first kappa shape index (κ1) is 15.1. The van der Waals surface area contributed by atoms with Crippen LogP contribution in [0.5, 0.6) is 5.75 Å². The molecule has 2 N–H and O–H groups in total. The van der Waals surface area contributed by atoms with Gasteiger partial charge in [0.2, 0.25) is 0 Å². The molecular formula is C17H14N2O3S. The minimum absolute atomic E-state index is 0.0301. The van der Waals surface area contributed by atoms with Crippen molar-refractivity contribution in [2.75, 3.05) is 5.32 Å². The number of aromatic hydroxyl groups is 1. The van der Waals surface area contributed by atoms with Gasteiger partial charge in [0.15, 0.2) is 5.13 Å². The normalized spacial score (nSPS) is 10.3. The molecular weight excluding hydrogens is 312 g/mol. The predicted octanol–water partition coefficient (Wildman–Crippen LogP) is 3.95. The molecule has 23 heavy (non-hydrogen) atoms. The molecule has 0 bridgehead atoms. The molecule has 0 saturated carbocycles. The van der Waals surface area contributed by atoms with Gasteiger partial charge in [0.25, 0.3) is 0 Å². The summed E-state index contributed by atoms with van der Waals surface area (Å²) in [7, 11) is 0. The van der Waals surface area contributed by atoms with Crippen molar-refractivity contribution in [3.63, 3.8) is 0 Å². The molecule has 6 heteroatoms. The van der Waals surface area contributed by atoms with Gasteiger partial charge in [-0.25, -0.2) is 9.78 Å². The number of anilines is 2. The summed E-state index contributed by atoms with van der Waals surface area (Å²) < 4.78 is 5.20. The second-order valence-electron chi connectivity index (χ2n) is 4.76. The van der Waals surface area contributed by atoms with E-state index in [1.165, 1.54) is 23.5 Å². The van der Waals surface area contributed by atoms with E-state index in [-0.39, 0.29) is 12.4 Å². The standard InChI is InChI=1S/C17H14N2O3S/c20-15-8-4-5-12(9-15)16(21)22-10-14-11-23-17(19-14)18-13-6-2-1-3-7-13/h1-9,11,20H,10H2,(H,18,19). The smallest absolute Gasteiger partial charge is 0.338 e. The predicted molar refractivity (Wildman–Crippen MR) is 89.1 cm³/mol. The Balaban J connectivity index is 1.58. The highest BCUT2D eigenvalue weighted by molar-refractivity contribution is 7.13. The minimum atomic E-state index is -0.494. The van der Waals surface area contributed by atoms with Gasteiger partial charge in [0.1, 0.15) is 12.4 Å². The molecule has 0 fully saturated rings. The fourth-order valence-corrected chi connectivity index (χ4v) is 2.65. The Bertz CT molecular complexity index is 802. The van der Waals surface area contributed by atoms with E-state index in [0.717, 1.165) is 10.8 Å². The maximum atomic E-state index is 11.9. The first-order valence-electron chi connectivity index (χ1n) is 6.93. The summed E-state index contributed by atoms with van der Waals surface area (Å²) in [6.45, 7) is 0.0848. The number of ether oxygens (including phenoxy) is 1. The van der Waals surface area contributed by atoms with Crippen LogP contribution in [0.4, 0.5) is 10.8 Å². The third kappa shape index (κ3) is 4.08. The molecule has 1 heterocycles. The number of para-hydroxylation sites is 1. The number of hydrogen-bond donors (Lipinski definition) is 2. The summed E-state index contributed by atoms with van der Waals surface area (Å²) in [5.74, 6) is -0.464. The summed E-state index contributed by atoms with van der Waals surface area (Å²) >= 11 is 1.44. The highest BCUT2D eigenvalue weighted by Crippen LogP contribution is 2.21. The van der Waals surface area contributed by atoms with E-state index in [4.69, 9.17) is 4.74 Å². The van der Waals surface area contributed by atoms with Gasteiger partial charge in [-0.15, -0.1) is 11.3 Å². The lowest BCUT2D eigenvalue weighted by Crippen LogP contribution is -2.05. The third-order valence-corrected chi connectivity index (χ3v) is 3.82. The Kier molecular flexibility index (Phi) is 4.54. The first-order valence-corrected chi connectivity index (χ1v) is 7.81. The van der Waals surface area contributed by atoms with Crippen LogP contribution in [-0.4, -0.2) is 16.1 Å². The van der Waals surface area contributed by atoms with Crippen LogP contribution in [0.1, 0.15) is 16.1 Å². The van der Waals surface area contributed by atoms with Gasteiger partial charge in [-0.2, -0.15) is 0 Å². The van der Waals surface area contributed by atoms with E-state index in [1.807, 2.05) is 35.7 Å². The van der Waals surface area contributed by atoms with Gasteiger partial charge in [0.05, 0.1) is 11.3 Å². The van der Waals surface area contributed by atoms with Crippen molar-refractivity contribution in [3.8, 4) is 5.75 Å². The maximum absolute atomic E-state index is 11.9. The molecule has 0 saturated heterocycles. The number of phenols is 1. The van der Waals surface area contributed by atoms with Gasteiger partial charge in [-0.3, -0.25) is 0 Å². The minimum Gasteiger partial charge on any atom is -0.508 e. The quantitative estimate of drug-likeness (QED) is 0.695. The fraction of sp³-hybridized carbons (Fsp3) is 0.0588. The molecule has 5 nitrogen and oxygen atoms in total. The summed E-state index contributed by atoms with van der Waals surface area (Å²) in [5, 5.41) is 15.1. The Morgan fingerprint density at radius 3 is 2.78 bits per heavy atom. The van der Waals surface area contributed by atoms with Crippen LogP contribution in [0, 0.1) is 0 Å². The molecule has 3 aromatic rings. The number of hydrogen-bond acceptors (Lipinski definition) is 6. The summed E-state index contributed by atoms with van der Waals surface area (Å²) in [5.41, 5.74) is 1.93. The number of thiazole rings is 1. The van der Waals surface area contributed by atoms with Crippen molar-refractivity contribution in [1.82, 2.24) is 4.98 Å². The van der Waals surface area contributed by atoms with Crippen LogP contribution in [0.25, 0.3) is 0 Å². The Morgan fingerprint density at radius 1 is 1.17 bits per heavy atom. The molecule has 0 amide bonds. The molecule has 0 unspecified atom stereocenters. The third-order valence-electron chi connectivity index (χ3n) is 3.01. The number of carbonyl (C=O) groups is 1. The van der Waals surface area contributed by atoms with Crippen LogP contribution in [0.2, 0.25) is 0 Å². The Labute approximate surface area is 137 Å². The SMILES string of the molecule is O=C(OCc1csc(Nc2ccccc2)n1)c1cccc(O)c1. The van der Waals surface area contributed by atoms with Gasteiger partial charge in [-0.1, -0.05) is 24.3 Å². The van der Waals surface area contributed by atoms with Crippen molar-refractivity contribution in [1.29, 1.82) is 0 Å². The number of nitrogens with one attached hydrogen (secondary N) is 1. The van der Waals surface area contributed by atoms with Crippen LogP contribution >= 0.6 is 11.3 Å². The molecule has 116 valence electrons. The zero-order chi connectivity index (χ0) is 16.1. The van der Waals surface area contributed by atoms with Crippen molar-refractivity contribution in [2.24, 2.45) is 0 Å². The largest absolute Gasteiger partial charge is 0.508 e. The first-order chi connectivity index (χ1) is 11.2. The average molecular weight is 326 g/mol. The van der Waals surface area contributed by atoms with Crippen LogP contribution in [0.15, 0.2) is 60.0 Å². The molecule has 0 radical (unpaired) electrons. The number of esters is 1. The summed E-state index contributed by atoms with van der Waals surface area (Å²) in [6, 6.07) is 15.8. The Hall–Kier alpha value is -2.86. The topological polar surface area (TPSA) is 71.5 Å². The number of phenolic OH excluding ortho intramolecular Hbond substituents is 1. The van der Waals surface area contributed by atoms with E-state index in [2.05, 4.69) is 10.3 Å². The number of carbonyl (C=O) groups excluding carboxylic acids is 1. The number of nitrogens with zero attached hydrogens (tertiary/aromatic N) is 1. The summed E-state index contributed by atoms with van der Waals surface area (Å²) in [4.78, 5) is 16.3. The van der Waals surface area contributed by atoms with Crippen LogP contribution < -0.4 is 5.32 Å². The monoisotopic (exact) mass is 326 g/mol. The number of benzene rings is 2. The molecule has 0 aliphatic rings.